The molecule has 17 heavy (non-hydrogen) atoms. The van der Waals surface area contributed by atoms with E-state index in [2.05, 4.69) is 20.7 Å². The molecule has 0 aromatic heterocycles. The van der Waals surface area contributed by atoms with Gasteiger partial charge in [-0.05, 0) is 19.1 Å². The Balaban J connectivity index is 3.38. The van der Waals surface area contributed by atoms with E-state index in [0.29, 0.717) is 0 Å². The van der Waals surface area contributed by atoms with E-state index in [1.165, 1.54) is 6.07 Å². The van der Waals surface area contributed by atoms with E-state index in [1.807, 2.05) is 0 Å². The lowest BCUT2D eigenvalue weighted by molar-refractivity contribution is -0.274. The third-order valence-electron chi connectivity index (χ3n) is 1.85. The van der Waals surface area contributed by atoms with E-state index in [0.717, 1.165) is 13.0 Å². The standard InChI is InChI=1S/C10H6BrF3O3/c1-5(16)9-6(4-15)8(3-2-7(9)11)17-10(12,13)14/h2-4H,1H3. The molecule has 0 radical (unpaired) electrons. The van der Waals surface area contributed by atoms with Crippen molar-refractivity contribution in [2.45, 2.75) is 13.3 Å². The summed E-state index contributed by atoms with van der Waals surface area (Å²) in [5, 5.41) is 0. The van der Waals surface area contributed by atoms with Gasteiger partial charge in [0.25, 0.3) is 0 Å². The molecule has 1 rings (SSSR count). The predicted octanol–water partition coefficient (Wildman–Crippen LogP) is 3.36. The molecule has 0 aliphatic rings. The van der Waals surface area contributed by atoms with Gasteiger partial charge in [0, 0.05) is 10.0 Å². The lowest BCUT2D eigenvalue weighted by Crippen LogP contribution is -2.19. The van der Waals surface area contributed by atoms with Crippen molar-refractivity contribution in [2.24, 2.45) is 0 Å². The van der Waals surface area contributed by atoms with Crippen LogP contribution in [-0.4, -0.2) is 18.4 Å². The zero-order valence-electron chi connectivity index (χ0n) is 8.47. The first-order valence-electron chi connectivity index (χ1n) is 4.30. The summed E-state index contributed by atoms with van der Waals surface area (Å²) >= 11 is 2.99. The highest BCUT2D eigenvalue weighted by Gasteiger charge is 2.33. The first-order chi connectivity index (χ1) is 7.76. The van der Waals surface area contributed by atoms with Crippen LogP contribution in [0.2, 0.25) is 0 Å². The summed E-state index contributed by atoms with van der Waals surface area (Å²) < 4.78 is 40.1. The number of aldehydes is 1. The molecule has 92 valence electrons. The van der Waals surface area contributed by atoms with Gasteiger partial charge in [-0.1, -0.05) is 15.9 Å². The van der Waals surface area contributed by atoms with E-state index in [9.17, 15) is 22.8 Å². The first kappa shape index (κ1) is 13.7. The molecule has 0 amide bonds. The normalized spacial score (nSPS) is 11.1. The minimum Gasteiger partial charge on any atom is -0.405 e. The Morgan fingerprint density at radius 1 is 1.41 bits per heavy atom. The molecule has 0 bridgehead atoms. The average molecular weight is 311 g/mol. The minimum absolute atomic E-state index is 0.137. The number of alkyl halides is 3. The van der Waals surface area contributed by atoms with Gasteiger partial charge in [0.05, 0.1) is 5.56 Å². The topological polar surface area (TPSA) is 43.4 Å². The zero-order valence-corrected chi connectivity index (χ0v) is 10.1. The monoisotopic (exact) mass is 310 g/mol. The van der Waals surface area contributed by atoms with Gasteiger partial charge >= 0.3 is 6.36 Å². The fraction of sp³-hybridized carbons (Fsp3) is 0.200. The summed E-state index contributed by atoms with van der Waals surface area (Å²) in [5.41, 5.74) is -0.564. The molecule has 0 saturated heterocycles. The molecule has 0 aliphatic carbocycles. The molecule has 1 aromatic carbocycles. The maximum Gasteiger partial charge on any atom is 0.573 e. The number of benzene rings is 1. The first-order valence-corrected chi connectivity index (χ1v) is 5.10. The number of rotatable bonds is 3. The molecule has 3 nitrogen and oxygen atoms in total. The van der Waals surface area contributed by atoms with Crippen LogP contribution in [0.5, 0.6) is 5.75 Å². The highest BCUT2D eigenvalue weighted by molar-refractivity contribution is 9.10. The van der Waals surface area contributed by atoms with E-state index >= 15 is 0 Å². The number of hydrogen-bond acceptors (Lipinski definition) is 3. The molecule has 0 aliphatic heterocycles. The second kappa shape index (κ2) is 4.87. The number of hydrogen-bond donors (Lipinski definition) is 0. The van der Waals surface area contributed by atoms with E-state index < -0.39 is 23.5 Å². The quantitative estimate of drug-likeness (QED) is 0.635. The number of ether oxygens (including phenoxy) is 1. The van der Waals surface area contributed by atoms with Gasteiger partial charge in [0.1, 0.15) is 5.75 Å². The number of Topliss-reactive ketones (excluding diaryl/α,β-unsaturated/α-hetero) is 1. The minimum atomic E-state index is -4.92. The highest BCUT2D eigenvalue weighted by Crippen LogP contribution is 2.31. The van der Waals surface area contributed by atoms with Crippen molar-refractivity contribution in [3.05, 3.63) is 27.7 Å². The lowest BCUT2D eigenvalue weighted by Gasteiger charge is -2.13. The van der Waals surface area contributed by atoms with Gasteiger partial charge < -0.3 is 4.74 Å². The molecule has 0 heterocycles. The molecule has 0 N–H and O–H groups in total. The molecule has 0 unspecified atom stereocenters. The van der Waals surface area contributed by atoms with E-state index in [1.54, 1.807) is 0 Å². The average Bonchev–Trinajstić information content (AvgIpc) is 2.17. The summed E-state index contributed by atoms with van der Waals surface area (Å²) in [6, 6.07) is 2.18. The molecule has 1 aromatic rings. The predicted molar refractivity (Wildman–Crippen MR) is 56.2 cm³/mol. The van der Waals surface area contributed by atoms with Crippen LogP contribution in [0.15, 0.2) is 16.6 Å². The van der Waals surface area contributed by atoms with Gasteiger partial charge in [-0.15, -0.1) is 13.2 Å². The highest BCUT2D eigenvalue weighted by atomic mass is 79.9. The van der Waals surface area contributed by atoms with Crippen LogP contribution >= 0.6 is 15.9 Å². The Labute approximate surface area is 103 Å². The van der Waals surface area contributed by atoms with Crippen molar-refractivity contribution in [2.75, 3.05) is 0 Å². The third kappa shape index (κ3) is 3.29. The molecule has 7 heteroatoms. The van der Waals surface area contributed by atoms with Crippen molar-refractivity contribution in [3.63, 3.8) is 0 Å². The van der Waals surface area contributed by atoms with Crippen LogP contribution in [0.3, 0.4) is 0 Å². The molecule has 0 saturated carbocycles. The second-order valence-electron chi connectivity index (χ2n) is 3.06. The Bertz CT molecular complexity index is 469. The fourth-order valence-electron chi connectivity index (χ4n) is 1.26. The van der Waals surface area contributed by atoms with Gasteiger partial charge in [-0.25, -0.2) is 0 Å². The van der Waals surface area contributed by atoms with Crippen LogP contribution in [0.1, 0.15) is 27.6 Å². The van der Waals surface area contributed by atoms with Crippen molar-refractivity contribution < 1.29 is 27.5 Å². The summed E-state index contributed by atoms with van der Waals surface area (Å²) in [4.78, 5) is 22.0. The van der Waals surface area contributed by atoms with Crippen molar-refractivity contribution in [3.8, 4) is 5.75 Å². The Hall–Kier alpha value is -1.37. The Morgan fingerprint density at radius 3 is 2.41 bits per heavy atom. The van der Waals surface area contributed by atoms with Crippen LogP contribution in [-0.2, 0) is 0 Å². The number of carbonyl (C=O) groups is 2. The van der Waals surface area contributed by atoms with E-state index in [-0.39, 0.29) is 16.3 Å². The van der Waals surface area contributed by atoms with Gasteiger partial charge in [-0.2, -0.15) is 0 Å². The van der Waals surface area contributed by atoms with Crippen molar-refractivity contribution >= 4 is 28.0 Å². The maximum atomic E-state index is 12.1. The van der Waals surface area contributed by atoms with Crippen LogP contribution in [0.4, 0.5) is 13.2 Å². The lowest BCUT2D eigenvalue weighted by atomic mass is 10.0. The molecule has 0 spiro atoms. The SMILES string of the molecule is CC(=O)c1c(Br)ccc(OC(F)(F)F)c1C=O. The summed E-state index contributed by atoms with van der Waals surface area (Å²) in [6.45, 7) is 1.14. The van der Waals surface area contributed by atoms with Gasteiger partial charge in [0.2, 0.25) is 0 Å². The van der Waals surface area contributed by atoms with Crippen LogP contribution in [0.25, 0.3) is 0 Å². The zero-order chi connectivity index (χ0) is 13.2. The molecular formula is C10H6BrF3O3. The molecule has 0 fully saturated rings. The van der Waals surface area contributed by atoms with Crippen molar-refractivity contribution in [1.29, 1.82) is 0 Å². The number of halogens is 4. The van der Waals surface area contributed by atoms with Crippen LogP contribution < -0.4 is 4.74 Å². The second-order valence-corrected chi connectivity index (χ2v) is 3.91. The molecule has 0 atom stereocenters. The smallest absolute Gasteiger partial charge is 0.405 e. The number of carbonyl (C=O) groups excluding carboxylic acids is 2. The van der Waals surface area contributed by atoms with Crippen molar-refractivity contribution in [1.82, 2.24) is 0 Å². The largest absolute Gasteiger partial charge is 0.573 e. The number of ketones is 1. The Kier molecular flexibility index (Phi) is 3.92. The summed E-state index contributed by atoms with van der Waals surface area (Å²) in [6.07, 6.45) is -4.76. The van der Waals surface area contributed by atoms with Gasteiger partial charge in [0.15, 0.2) is 12.1 Å². The fourth-order valence-corrected chi connectivity index (χ4v) is 1.89. The molecular weight excluding hydrogens is 305 g/mol. The van der Waals surface area contributed by atoms with Gasteiger partial charge in [-0.3, -0.25) is 9.59 Å². The summed E-state index contributed by atoms with van der Waals surface area (Å²) in [5.74, 6) is -1.23. The summed E-state index contributed by atoms with van der Waals surface area (Å²) in [7, 11) is 0. The Morgan fingerprint density at radius 2 is 2.00 bits per heavy atom. The maximum absolute atomic E-state index is 12.1. The van der Waals surface area contributed by atoms with E-state index in [4.69, 9.17) is 0 Å². The van der Waals surface area contributed by atoms with Crippen LogP contribution in [0, 0.1) is 0 Å². The third-order valence-corrected chi connectivity index (χ3v) is 2.51.